The molecule has 2 amide bonds. The average molecular weight is 285 g/mol. The third kappa shape index (κ3) is 4.06. The maximum Gasteiger partial charge on any atom is 0.242 e. The second-order valence-electron chi connectivity index (χ2n) is 5.32. The number of nitriles is 1. The highest BCUT2D eigenvalue weighted by molar-refractivity contribution is 5.85. The fraction of sp³-hybridized carbons (Fsp3) is 0.438. The van der Waals surface area contributed by atoms with Crippen LogP contribution in [-0.2, 0) is 16.0 Å². The Bertz CT molecular complexity index is 554. The molecule has 1 heterocycles. The number of nitrogens with zero attached hydrogens (tertiary/aromatic N) is 3. The molecule has 1 aromatic carbocycles. The molecule has 5 heteroatoms. The molecule has 0 radical (unpaired) electrons. The lowest BCUT2D eigenvalue weighted by molar-refractivity contribution is -0.138. The van der Waals surface area contributed by atoms with E-state index in [-0.39, 0.29) is 24.8 Å². The van der Waals surface area contributed by atoms with E-state index in [1.807, 2.05) is 11.0 Å². The summed E-state index contributed by atoms with van der Waals surface area (Å²) in [6, 6.07) is 8.97. The second kappa shape index (κ2) is 6.89. The van der Waals surface area contributed by atoms with Crippen LogP contribution in [0, 0.1) is 11.3 Å². The third-order valence-corrected chi connectivity index (χ3v) is 3.70. The van der Waals surface area contributed by atoms with E-state index in [4.69, 9.17) is 5.26 Å². The van der Waals surface area contributed by atoms with Crippen molar-refractivity contribution in [2.45, 2.75) is 19.3 Å². The average Bonchev–Trinajstić information content (AvgIpc) is 3.02. The smallest absolute Gasteiger partial charge is 0.242 e. The van der Waals surface area contributed by atoms with Gasteiger partial charge in [-0.1, -0.05) is 12.1 Å². The molecule has 1 aliphatic heterocycles. The lowest BCUT2D eigenvalue weighted by atomic mass is 10.1. The summed E-state index contributed by atoms with van der Waals surface area (Å²) in [6.07, 6.45) is 2.35. The van der Waals surface area contributed by atoms with E-state index < -0.39 is 0 Å². The number of carbonyl (C=O) groups excluding carboxylic acids is 2. The molecule has 0 unspecified atom stereocenters. The van der Waals surface area contributed by atoms with Gasteiger partial charge in [0.15, 0.2) is 0 Å². The van der Waals surface area contributed by atoms with Crippen molar-refractivity contribution >= 4 is 11.8 Å². The number of rotatable bonds is 4. The molecule has 1 fully saturated rings. The van der Waals surface area contributed by atoms with Crippen molar-refractivity contribution in [1.82, 2.24) is 9.80 Å². The van der Waals surface area contributed by atoms with Crippen molar-refractivity contribution < 1.29 is 9.59 Å². The Morgan fingerprint density at radius 2 is 1.86 bits per heavy atom. The van der Waals surface area contributed by atoms with Gasteiger partial charge < -0.3 is 9.80 Å². The number of benzene rings is 1. The van der Waals surface area contributed by atoms with E-state index >= 15 is 0 Å². The van der Waals surface area contributed by atoms with E-state index in [1.165, 1.54) is 4.90 Å². The molecule has 0 atom stereocenters. The maximum absolute atomic E-state index is 12.1. The van der Waals surface area contributed by atoms with Crippen molar-refractivity contribution in [2.24, 2.45) is 0 Å². The zero-order valence-electron chi connectivity index (χ0n) is 12.2. The van der Waals surface area contributed by atoms with Gasteiger partial charge >= 0.3 is 0 Å². The van der Waals surface area contributed by atoms with E-state index in [0.717, 1.165) is 31.5 Å². The molecule has 2 rings (SSSR count). The first-order valence-corrected chi connectivity index (χ1v) is 7.11. The summed E-state index contributed by atoms with van der Waals surface area (Å²) in [5.74, 6) is -0.0737. The van der Waals surface area contributed by atoms with Gasteiger partial charge in [0.2, 0.25) is 11.8 Å². The standard InChI is InChI=1S/C16H19N3O2/c1-18(12-16(21)19-8-2-3-9-19)15(20)10-13-4-6-14(11-17)7-5-13/h4-7H,2-3,8-10,12H2,1H3. The Morgan fingerprint density at radius 1 is 1.24 bits per heavy atom. The monoisotopic (exact) mass is 285 g/mol. The van der Waals surface area contributed by atoms with Crippen LogP contribution < -0.4 is 0 Å². The van der Waals surface area contributed by atoms with Gasteiger partial charge in [-0.2, -0.15) is 5.26 Å². The number of hydrogen-bond donors (Lipinski definition) is 0. The van der Waals surface area contributed by atoms with E-state index in [2.05, 4.69) is 0 Å². The molecule has 0 spiro atoms. The predicted octanol–water partition coefficient (Wildman–Crippen LogP) is 1.18. The minimum Gasteiger partial charge on any atom is -0.341 e. The van der Waals surface area contributed by atoms with Crippen LogP contribution >= 0.6 is 0 Å². The number of carbonyl (C=O) groups is 2. The molecule has 0 aliphatic carbocycles. The van der Waals surface area contributed by atoms with Crippen molar-refractivity contribution in [2.75, 3.05) is 26.7 Å². The van der Waals surface area contributed by atoms with Crippen LogP contribution in [0.1, 0.15) is 24.0 Å². The van der Waals surface area contributed by atoms with Crippen LogP contribution in [-0.4, -0.2) is 48.3 Å². The Balaban J connectivity index is 1.86. The highest BCUT2D eigenvalue weighted by Gasteiger charge is 2.21. The Morgan fingerprint density at radius 3 is 2.43 bits per heavy atom. The fourth-order valence-electron chi connectivity index (χ4n) is 2.36. The fourth-order valence-corrected chi connectivity index (χ4v) is 2.36. The summed E-state index contributed by atoms with van der Waals surface area (Å²) in [5, 5.41) is 8.73. The van der Waals surface area contributed by atoms with Gasteiger partial charge in [0.25, 0.3) is 0 Å². The summed E-state index contributed by atoms with van der Waals surface area (Å²) >= 11 is 0. The van der Waals surface area contributed by atoms with Gasteiger partial charge in [0, 0.05) is 20.1 Å². The summed E-state index contributed by atoms with van der Waals surface area (Å²) in [4.78, 5) is 27.4. The van der Waals surface area contributed by atoms with E-state index in [9.17, 15) is 9.59 Å². The Kier molecular flexibility index (Phi) is 4.94. The molecule has 1 aliphatic rings. The second-order valence-corrected chi connectivity index (χ2v) is 5.32. The predicted molar refractivity (Wildman–Crippen MR) is 78.3 cm³/mol. The number of likely N-dealkylation sites (tertiary alicyclic amines) is 1. The molecule has 1 aromatic rings. The number of likely N-dealkylation sites (N-methyl/N-ethyl adjacent to an activating group) is 1. The quantitative estimate of drug-likeness (QED) is 0.834. The van der Waals surface area contributed by atoms with E-state index in [1.54, 1.807) is 31.3 Å². The summed E-state index contributed by atoms with van der Waals surface area (Å²) in [5.41, 5.74) is 1.42. The number of amides is 2. The van der Waals surface area contributed by atoms with Gasteiger partial charge in [-0.05, 0) is 30.5 Å². The van der Waals surface area contributed by atoms with Gasteiger partial charge in [0.05, 0.1) is 24.6 Å². The Hall–Kier alpha value is -2.35. The molecule has 0 saturated carbocycles. The third-order valence-electron chi connectivity index (χ3n) is 3.70. The van der Waals surface area contributed by atoms with Crippen molar-refractivity contribution in [1.29, 1.82) is 5.26 Å². The lowest BCUT2D eigenvalue weighted by Crippen LogP contribution is -2.40. The van der Waals surface area contributed by atoms with Crippen LogP contribution in [0.15, 0.2) is 24.3 Å². The highest BCUT2D eigenvalue weighted by Crippen LogP contribution is 2.09. The number of hydrogen-bond acceptors (Lipinski definition) is 3. The van der Waals surface area contributed by atoms with Crippen molar-refractivity contribution in [3.8, 4) is 6.07 Å². The zero-order valence-corrected chi connectivity index (χ0v) is 12.2. The zero-order chi connectivity index (χ0) is 15.2. The van der Waals surface area contributed by atoms with Gasteiger partial charge in [-0.15, -0.1) is 0 Å². The minimum absolute atomic E-state index is 0.0168. The van der Waals surface area contributed by atoms with Gasteiger partial charge in [0.1, 0.15) is 0 Å². The molecule has 0 aromatic heterocycles. The molecule has 1 saturated heterocycles. The molecular formula is C16H19N3O2. The van der Waals surface area contributed by atoms with Crippen molar-refractivity contribution in [3.05, 3.63) is 35.4 Å². The van der Waals surface area contributed by atoms with Gasteiger partial charge in [-0.3, -0.25) is 9.59 Å². The molecule has 5 nitrogen and oxygen atoms in total. The van der Waals surface area contributed by atoms with Crippen LogP contribution in [0.2, 0.25) is 0 Å². The topological polar surface area (TPSA) is 64.4 Å². The summed E-state index contributed by atoms with van der Waals surface area (Å²) < 4.78 is 0. The molecule has 0 bridgehead atoms. The van der Waals surface area contributed by atoms with Gasteiger partial charge in [-0.25, -0.2) is 0 Å². The SMILES string of the molecule is CN(CC(=O)N1CCCC1)C(=O)Cc1ccc(C#N)cc1. The molecule has 0 N–H and O–H groups in total. The van der Waals surface area contributed by atoms with E-state index in [0.29, 0.717) is 5.56 Å². The normalized spacial score (nSPS) is 13.8. The van der Waals surface area contributed by atoms with Crippen LogP contribution in [0.3, 0.4) is 0 Å². The van der Waals surface area contributed by atoms with Crippen LogP contribution in [0.25, 0.3) is 0 Å². The summed E-state index contributed by atoms with van der Waals surface area (Å²) in [6.45, 7) is 1.74. The van der Waals surface area contributed by atoms with Crippen molar-refractivity contribution in [3.63, 3.8) is 0 Å². The van der Waals surface area contributed by atoms with Crippen LogP contribution in [0.4, 0.5) is 0 Å². The molecule has 21 heavy (non-hydrogen) atoms. The maximum atomic E-state index is 12.1. The summed E-state index contributed by atoms with van der Waals surface area (Å²) in [7, 11) is 1.65. The van der Waals surface area contributed by atoms with Crippen LogP contribution in [0.5, 0.6) is 0 Å². The first kappa shape index (κ1) is 15.0. The highest BCUT2D eigenvalue weighted by atomic mass is 16.2. The lowest BCUT2D eigenvalue weighted by Gasteiger charge is -2.21. The minimum atomic E-state index is -0.0905. The Labute approximate surface area is 124 Å². The first-order valence-electron chi connectivity index (χ1n) is 7.11. The molecular weight excluding hydrogens is 266 g/mol. The first-order chi connectivity index (χ1) is 10.1. The molecule has 110 valence electrons. The largest absolute Gasteiger partial charge is 0.341 e.